The summed E-state index contributed by atoms with van der Waals surface area (Å²) in [6.45, 7) is 21.8. The van der Waals surface area contributed by atoms with Gasteiger partial charge < -0.3 is 23.2 Å². The van der Waals surface area contributed by atoms with Gasteiger partial charge in [0.05, 0.1) is 45.9 Å². The van der Waals surface area contributed by atoms with Crippen LogP contribution in [0.2, 0.25) is 0 Å². The van der Waals surface area contributed by atoms with Crippen LogP contribution in [0.3, 0.4) is 0 Å². The summed E-state index contributed by atoms with van der Waals surface area (Å²) >= 11 is 0. The van der Waals surface area contributed by atoms with Crippen molar-refractivity contribution in [2.75, 3.05) is 72.2 Å². The number of carbonyl (C=O) groups excluding carboxylic acids is 2. The Labute approximate surface area is 235 Å². The number of quaternary nitrogens is 2. The molecule has 0 saturated carbocycles. The molecule has 38 heavy (non-hydrogen) atoms. The molecule has 0 aliphatic rings. The van der Waals surface area contributed by atoms with Crippen LogP contribution in [0, 0.1) is 0 Å². The van der Waals surface area contributed by atoms with Crippen LogP contribution < -0.4 is 0 Å². The molecule has 7 heteroatoms. The first kappa shape index (κ1) is 36.8. The van der Waals surface area contributed by atoms with Crippen LogP contribution in [0.4, 0.5) is 0 Å². The highest BCUT2D eigenvalue weighted by atomic mass is 16.6. The number of carbonyl (C=O) groups is 2. The lowest BCUT2D eigenvalue weighted by atomic mass is 10.1. The molecule has 0 aliphatic heterocycles. The molecule has 0 saturated heterocycles. The van der Waals surface area contributed by atoms with Crippen molar-refractivity contribution in [2.45, 2.75) is 119 Å². The Kier molecular flexibility index (Phi) is 21.9. The van der Waals surface area contributed by atoms with Crippen molar-refractivity contribution in [3.05, 3.63) is 0 Å². The van der Waals surface area contributed by atoms with Crippen molar-refractivity contribution in [3.63, 3.8) is 0 Å². The first-order chi connectivity index (χ1) is 18.3. The molecule has 1 unspecified atom stereocenters. The standard InChI is InChI=1S/C31H64N2O5/c1-8-15-16-17-18-19-20-21-22-23-24-36-27-29(38-31(35)26-33(12-5,13-6)14-7)28-37-30(34)25-32(9-2,10-3)11-4/h29H,8-28H2,1-7H3/q+2. The summed E-state index contributed by atoms with van der Waals surface area (Å²) in [6, 6.07) is 0. The van der Waals surface area contributed by atoms with Crippen LogP contribution in [-0.4, -0.2) is 99.2 Å². The van der Waals surface area contributed by atoms with Gasteiger partial charge in [0.25, 0.3) is 0 Å². The van der Waals surface area contributed by atoms with Crippen LogP contribution in [0.25, 0.3) is 0 Å². The van der Waals surface area contributed by atoms with Crippen LogP contribution >= 0.6 is 0 Å². The van der Waals surface area contributed by atoms with Crippen molar-refractivity contribution in [3.8, 4) is 0 Å². The SMILES string of the molecule is CCCCCCCCCCCCOCC(COC(=O)C[N+](CC)(CC)CC)OC(=O)C[N+](CC)(CC)CC. The predicted octanol–water partition coefficient (Wildman–Crippen LogP) is 6.13. The number of unbranched alkanes of at least 4 members (excludes halogenated alkanes) is 9. The molecule has 0 N–H and O–H groups in total. The Balaban J connectivity index is 4.66. The summed E-state index contributed by atoms with van der Waals surface area (Å²) in [6.07, 6.45) is 12.2. The number of likely N-dealkylation sites (N-methyl/N-ethyl adjacent to an activating group) is 2. The third-order valence-electron chi connectivity index (χ3n) is 8.63. The van der Waals surface area contributed by atoms with Gasteiger partial charge in [-0.15, -0.1) is 0 Å². The maximum absolute atomic E-state index is 12.8. The summed E-state index contributed by atoms with van der Waals surface area (Å²) in [5.74, 6) is -0.493. The Bertz CT molecular complexity index is 574. The number of ether oxygens (including phenoxy) is 3. The van der Waals surface area contributed by atoms with Crippen LogP contribution in [-0.2, 0) is 23.8 Å². The van der Waals surface area contributed by atoms with Crippen LogP contribution in [0.15, 0.2) is 0 Å². The lowest BCUT2D eigenvalue weighted by Gasteiger charge is -2.35. The van der Waals surface area contributed by atoms with E-state index >= 15 is 0 Å². The largest absolute Gasteiger partial charge is 0.457 e. The van der Waals surface area contributed by atoms with E-state index in [1.165, 1.54) is 51.4 Å². The van der Waals surface area contributed by atoms with E-state index in [1.54, 1.807) is 0 Å². The summed E-state index contributed by atoms with van der Waals surface area (Å²) in [4.78, 5) is 25.5. The second kappa shape index (κ2) is 22.6. The first-order valence-corrected chi connectivity index (χ1v) is 15.9. The third kappa shape index (κ3) is 16.0. The van der Waals surface area contributed by atoms with E-state index in [9.17, 15) is 9.59 Å². The van der Waals surface area contributed by atoms with Crippen molar-refractivity contribution >= 4 is 11.9 Å². The van der Waals surface area contributed by atoms with Gasteiger partial charge in [-0.2, -0.15) is 0 Å². The van der Waals surface area contributed by atoms with Crippen molar-refractivity contribution < 1.29 is 32.8 Å². The maximum Gasteiger partial charge on any atom is 0.362 e. The molecule has 0 radical (unpaired) electrons. The highest BCUT2D eigenvalue weighted by Crippen LogP contribution is 2.12. The quantitative estimate of drug-likeness (QED) is 0.0744. The van der Waals surface area contributed by atoms with E-state index in [-0.39, 0.29) is 25.2 Å². The molecular formula is C31H64N2O5+2. The van der Waals surface area contributed by atoms with Crippen LogP contribution in [0.1, 0.15) is 113 Å². The zero-order valence-electron chi connectivity index (χ0n) is 26.4. The van der Waals surface area contributed by atoms with Gasteiger partial charge in [-0.3, -0.25) is 0 Å². The Hall–Kier alpha value is -1.18. The maximum atomic E-state index is 12.8. The number of nitrogens with zero attached hydrogens (tertiary/aromatic N) is 2. The van der Waals surface area contributed by atoms with Gasteiger partial charge >= 0.3 is 11.9 Å². The number of rotatable bonds is 26. The van der Waals surface area contributed by atoms with Gasteiger partial charge in [0.15, 0.2) is 19.2 Å². The molecule has 0 aliphatic carbocycles. The second-order valence-electron chi connectivity index (χ2n) is 10.9. The summed E-state index contributed by atoms with van der Waals surface area (Å²) in [5, 5.41) is 0. The third-order valence-corrected chi connectivity index (χ3v) is 8.63. The topological polar surface area (TPSA) is 61.8 Å². The minimum atomic E-state index is -0.575. The van der Waals surface area contributed by atoms with Gasteiger partial charge in [-0.25, -0.2) is 9.59 Å². The number of hydrogen-bond donors (Lipinski definition) is 0. The van der Waals surface area contributed by atoms with Crippen molar-refractivity contribution in [1.82, 2.24) is 0 Å². The molecule has 0 fully saturated rings. The van der Waals surface area contributed by atoms with Gasteiger partial charge in [-0.05, 0) is 48.0 Å². The molecule has 0 aromatic heterocycles. The monoisotopic (exact) mass is 544 g/mol. The fourth-order valence-corrected chi connectivity index (χ4v) is 5.04. The lowest BCUT2D eigenvalue weighted by Crippen LogP contribution is -2.52. The Morgan fingerprint density at radius 3 is 1.42 bits per heavy atom. The summed E-state index contributed by atoms with van der Waals surface area (Å²) in [5.41, 5.74) is 0. The molecule has 0 amide bonds. The zero-order valence-corrected chi connectivity index (χ0v) is 26.4. The zero-order chi connectivity index (χ0) is 28.7. The minimum absolute atomic E-state index is 0.0458. The van der Waals surface area contributed by atoms with Gasteiger partial charge in [0, 0.05) is 6.61 Å². The average Bonchev–Trinajstić information content (AvgIpc) is 2.93. The molecule has 0 aromatic rings. The molecule has 0 aromatic carbocycles. The normalized spacial score (nSPS) is 12.9. The van der Waals surface area contributed by atoms with E-state index in [2.05, 4.69) is 48.5 Å². The smallest absolute Gasteiger partial charge is 0.362 e. The number of esters is 2. The molecule has 0 bridgehead atoms. The molecule has 0 spiro atoms. The van der Waals surface area contributed by atoms with E-state index < -0.39 is 6.10 Å². The Morgan fingerprint density at radius 2 is 0.974 bits per heavy atom. The van der Waals surface area contributed by atoms with E-state index in [0.29, 0.717) is 28.7 Å². The summed E-state index contributed by atoms with van der Waals surface area (Å²) in [7, 11) is 0. The molecule has 7 nitrogen and oxygen atoms in total. The van der Waals surface area contributed by atoms with Gasteiger partial charge in [-0.1, -0.05) is 64.7 Å². The van der Waals surface area contributed by atoms with Crippen molar-refractivity contribution in [1.29, 1.82) is 0 Å². The van der Waals surface area contributed by atoms with Crippen molar-refractivity contribution in [2.24, 2.45) is 0 Å². The van der Waals surface area contributed by atoms with E-state index in [1.807, 2.05) is 0 Å². The fourth-order valence-electron chi connectivity index (χ4n) is 5.04. The summed E-state index contributed by atoms with van der Waals surface area (Å²) < 4.78 is 18.7. The predicted molar refractivity (Wildman–Crippen MR) is 157 cm³/mol. The number of hydrogen-bond acceptors (Lipinski definition) is 5. The first-order valence-electron chi connectivity index (χ1n) is 15.9. The Morgan fingerprint density at radius 1 is 0.553 bits per heavy atom. The molecular weight excluding hydrogens is 480 g/mol. The fraction of sp³-hybridized carbons (Fsp3) is 0.935. The minimum Gasteiger partial charge on any atom is -0.457 e. The molecule has 0 rings (SSSR count). The highest BCUT2D eigenvalue weighted by Gasteiger charge is 2.29. The lowest BCUT2D eigenvalue weighted by molar-refractivity contribution is -0.916. The average molecular weight is 545 g/mol. The molecule has 226 valence electrons. The second-order valence-corrected chi connectivity index (χ2v) is 10.9. The van der Waals surface area contributed by atoms with E-state index in [0.717, 1.165) is 52.1 Å². The van der Waals surface area contributed by atoms with Crippen LogP contribution in [0.5, 0.6) is 0 Å². The van der Waals surface area contributed by atoms with E-state index in [4.69, 9.17) is 14.2 Å². The molecule has 1 atom stereocenters. The highest BCUT2D eigenvalue weighted by molar-refractivity contribution is 5.71. The van der Waals surface area contributed by atoms with Gasteiger partial charge in [0.2, 0.25) is 0 Å². The van der Waals surface area contributed by atoms with Gasteiger partial charge in [0.1, 0.15) is 6.61 Å². The molecule has 0 heterocycles.